The van der Waals surface area contributed by atoms with Crippen LogP contribution in [0.4, 0.5) is 0 Å². The van der Waals surface area contributed by atoms with E-state index in [0.29, 0.717) is 6.42 Å². The summed E-state index contributed by atoms with van der Waals surface area (Å²) in [6, 6.07) is 0. The summed E-state index contributed by atoms with van der Waals surface area (Å²) in [5.41, 5.74) is 0. The van der Waals surface area contributed by atoms with Crippen LogP contribution in [0, 0.1) is 0 Å². The van der Waals surface area contributed by atoms with Gasteiger partial charge in [0.2, 0.25) is 0 Å². The summed E-state index contributed by atoms with van der Waals surface area (Å²) in [6.07, 6.45) is 0.483. The van der Waals surface area contributed by atoms with Gasteiger partial charge in [-0.05, 0) is 19.8 Å². The number of halogens is 1. The van der Waals surface area contributed by atoms with Gasteiger partial charge >= 0.3 is 0 Å². The largest absolute Gasteiger partial charge is 1.00 e. The summed E-state index contributed by atoms with van der Waals surface area (Å²) in [5, 5.41) is 18.3. The second-order valence-corrected chi connectivity index (χ2v) is 4.46. The summed E-state index contributed by atoms with van der Waals surface area (Å²) in [7, 11) is 6.36. The summed E-state index contributed by atoms with van der Waals surface area (Å²) >= 11 is 0. The van der Waals surface area contributed by atoms with Gasteiger partial charge in [-0.3, -0.25) is 0 Å². The minimum Gasteiger partial charge on any atom is -1.00 e. The molecule has 0 heterocycles. The molecule has 0 saturated carbocycles. The van der Waals surface area contributed by atoms with E-state index in [0.717, 1.165) is 17.4 Å². The fourth-order valence-corrected chi connectivity index (χ4v) is 1.02. The zero-order valence-electron chi connectivity index (χ0n) is 9.00. The molecule has 0 fully saturated rings. The SMILES string of the molecule is C[C@H](O)[C@H](O)CCC[N+](C)(C)C.[I-]. The Morgan fingerprint density at radius 2 is 1.62 bits per heavy atom. The molecule has 4 heteroatoms. The van der Waals surface area contributed by atoms with E-state index in [4.69, 9.17) is 5.11 Å². The maximum absolute atomic E-state index is 9.27. The molecular formula is C9H22INO2. The number of nitrogens with zero attached hydrogens (tertiary/aromatic N) is 1. The number of aliphatic hydroxyl groups excluding tert-OH is 2. The van der Waals surface area contributed by atoms with Crippen LogP contribution in [0.3, 0.4) is 0 Å². The van der Waals surface area contributed by atoms with Gasteiger partial charge in [0.05, 0.1) is 39.9 Å². The van der Waals surface area contributed by atoms with Gasteiger partial charge in [0, 0.05) is 0 Å². The Balaban J connectivity index is 0. The van der Waals surface area contributed by atoms with E-state index < -0.39 is 12.2 Å². The first-order chi connectivity index (χ1) is 5.33. The van der Waals surface area contributed by atoms with Gasteiger partial charge in [0.1, 0.15) is 0 Å². The maximum atomic E-state index is 9.27. The smallest absolute Gasteiger partial charge is 0.0798 e. The van der Waals surface area contributed by atoms with Crippen molar-refractivity contribution in [1.82, 2.24) is 0 Å². The number of hydrogen-bond acceptors (Lipinski definition) is 2. The molecule has 3 nitrogen and oxygen atoms in total. The zero-order chi connectivity index (χ0) is 9.78. The highest BCUT2D eigenvalue weighted by molar-refractivity contribution is 4.60. The molecular weight excluding hydrogens is 281 g/mol. The molecule has 0 aromatic heterocycles. The predicted octanol–water partition coefficient (Wildman–Crippen LogP) is -2.78. The molecule has 0 spiro atoms. The normalized spacial score (nSPS) is 16.2. The van der Waals surface area contributed by atoms with Gasteiger partial charge < -0.3 is 38.7 Å². The van der Waals surface area contributed by atoms with E-state index in [1.807, 2.05) is 0 Å². The highest BCUT2D eigenvalue weighted by Gasteiger charge is 2.13. The van der Waals surface area contributed by atoms with E-state index in [9.17, 15) is 5.11 Å². The number of hydrogen-bond donors (Lipinski definition) is 2. The third-order valence-electron chi connectivity index (χ3n) is 1.89. The molecule has 82 valence electrons. The maximum Gasteiger partial charge on any atom is 0.0798 e. The second-order valence-electron chi connectivity index (χ2n) is 4.46. The van der Waals surface area contributed by atoms with Crippen molar-refractivity contribution < 1.29 is 38.7 Å². The lowest BCUT2D eigenvalue weighted by Crippen LogP contribution is -3.00. The Kier molecular flexibility index (Phi) is 8.61. The summed E-state index contributed by atoms with van der Waals surface area (Å²) in [5.74, 6) is 0. The van der Waals surface area contributed by atoms with Crippen LogP contribution in [0.2, 0.25) is 0 Å². The molecule has 2 atom stereocenters. The minimum atomic E-state index is -0.600. The molecule has 0 amide bonds. The lowest BCUT2D eigenvalue weighted by Gasteiger charge is -2.24. The van der Waals surface area contributed by atoms with E-state index in [1.165, 1.54) is 0 Å². The Morgan fingerprint density at radius 3 is 1.92 bits per heavy atom. The van der Waals surface area contributed by atoms with Crippen molar-refractivity contribution in [2.75, 3.05) is 27.7 Å². The predicted molar refractivity (Wildman–Crippen MR) is 49.8 cm³/mol. The molecule has 0 radical (unpaired) electrons. The number of aliphatic hydroxyl groups is 2. The fourth-order valence-electron chi connectivity index (χ4n) is 1.02. The molecule has 0 rings (SSSR count). The van der Waals surface area contributed by atoms with Crippen molar-refractivity contribution >= 4 is 0 Å². The molecule has 0 aliphatic heterocycles. The molecule has 0 aromatic carbocycles. The van der Waals surface area contributed by atoms with Crippen molar-refractivity contribution in [2.24, 2.45) is 0 Å². The van der Waals surface area contributed by atoms with Gasteiger partial charge in [0.15, 0.2) is 0 Å². The molecule has 0 aliphatic carbocycles. The molecule has 0 unspecified atom stereocenters. The Labute approximate surface area is 98.4 Å². The molecule has 0 bridgehead atoms. The van der Waals surface area contributed by atoms with Crippen molar-refractivity contribution in [3.8, 4) is 0 Å². The average Bonchev–Trinajstić information content (AvgIpc) is 1.84. The molecule has 2 N–H and O–H groups in total. The van der Waals surface area contributed by atoms with Crippen molar-refractivity contribution in [3.05, 3.63) is 0 Å². The van der Waals surface area contributed by atoms with E-state index in [-0.39, 0.29) is 24.0 Å². The van der Waals surface area contributed by atoms with Gasteiger partial charge in [-0.1, -0.05) is 0 Å². The van der Waals surface area contributed by atoms with Crippen LogP contribution >= 0.6 is 0 Å². The second kappa shape index (κ2) is 6.98. The first-order valence-electron chi connectivity index (χ1n) is 4.49. The minimum absolute atomic E-state index is 0. The topological polar surface area (TPSA) is 40.5 Å². The lowest BCUT2D eigenvalue weighted by atomic mass is 10.1. The van der Waals surface area contributed by atoms with Crippen LogP contribution in [0.1, 0.15) is 19.8 Å². The van der Waals surface area contributed by atoms with Crippen LogP contribution in [0.5, 0.6) is 0 Å². The van der Waals surface area contributed by atoms with Crippen molar-refractivity contribution in [2.45, 2.75) is 32.0 Å². The first kappa shape index (κ1) is 16.1. The fraction of sp³-hybridized carbons (Fsp3) is 1.00. The third kappa shape index (κ3) is 10.5. The van der Waals surface area contributed by atoms with E-state index in [2.05, 4.69) is 21.1 Å². The first-order valence-corrected chi connectivity index (χ1v) is 4.49. The molecule has 0 aromatic rings. The zero-order valence-corrected chi connectivity index (χ0v) is 11.2. The standard InChI is InChI=1S/C9H22NO2.HI/c1-8(11)9(12)6-5-7-10(2,3)4;/h8-9,11-12H,5-7H2,1-4H3;1H/q+1;/p-1/t8-,9+;/m0./s1. The van der Waals surface area contributed by atoms with Crippen molar-refractivity contribution in [3.63, 3.8) is 0 Å². The summed E-state index contributed by atoms with van der Waals surface area (Å²) < 4.78 is 0.909. The van der Waals surface area contributed by atoms with Crippen LogP contribution in [-0.2, 0) is 0 Å². The molecule has 0 saturated heterocycles. The number of quaternary nitrogens is 1. The Hall–Kier alpha value is 0.610. The summed E-state index contributed by atoms with van der Waals surface area (Å²) in [4.78, 5) is 0. The average molecular weight is 303 g/mol. The van der Waals surface area contributed by atoms with Gasteiger partial charge in [0.25, 0.3) is 0 Å². The number of rotatable bonds is 5. The molecule has 13 heavy (non-hydrogen) atoms. The van der Waals surface area contributed by atoms with Crippen LogP contribution in [0.25, 0.3) is 0 Å². The van der Waals surface area contributed by atoms with Crippen LogP contribution in [-0.4, -0.2) is 54.6 Å². The summed E-state index contributed by atoms with van der Waals surface area (Å²) in [6.45, 7) is 2.65. The van der Waals surface area contributed by atoms with Crippen LogP contribution < -0.4 is 24.0 Å². The van der Waals surface area contributed by atoms with E-state index >= 15 is 0 Å². The quantitative estimate of drug-likeness (QED) is 0.426. The lowest BCUT2D eigenvalue weighted by molar-refractivity contribution is -0.870. The van der Waals surface area contributed by atoms with Gasteiger partial charge in [-0.15, -0.1) is 0 Å². The van der Waals surface area contributed by atoms with Crippen molar-refractivity contribution in [1.29, 1.82) is 0 Å². The highest BCUT2D eigenvalue weighted by Crippen LogP contribution is 2.04. The highest BCUT2D eigenvalue weighted by atomic mass is 127. The monoisotopic (exact) mass is 303 g/mol. The Bertz CT molecular complexity index is 123. The third-order valence-corrected chi connectivity index (χ3v) is 1.89. The van der Waals surface area contributed by atoms with Crippen LogP contribution in [0.15, 0.2) is 0 Å². The van der Waals surface area contributed by atoms with E-state index in [1.54, 1.807) is 6.92 Å². The molecule has 0 aliphatic rings. The van der Waals surface area contributed by atoms with Gasteiger partial charge in [-0.25, -0.2) is 0 Å². The Morgan fingerprint density at radius 1 is 1.15 bits per heavy atom. The van der Waals surface area contributed by atoms with Gasteiger partial charge in [-0.2, -0.15) is 0 Å².